The Labute approximate surface area is 297 Å². The number of pyridine rings is 2. The lowest BCUT2D eigenvalue weighted by atomic mass is 10.00. The van der Waals surface area contributed by atoms with Gasteiger partial charge in [0.2, 0.25) is 11.4 Å². The molecule has 10 aromatic rings. The highest BCUT2D eigenvalue weighted by Crippen LogP contribution is 2.38. The lowest BCUT2D eigenvalue weighted by Crippen LogP contribution is -2.00. The number of hydrogen-bond donors (Lipinski definition) is 0. The molecule has 0 bridgehead atoms. The molecule has 0 atom stereocenters. The minimum atomic E-state index is 0.493. The summed E-state index contributed by atoms with van der Waals surface area (Å²) in [7, 11) is 0. The molecule has 10 rings (SSSR count). The number of para-hydroxylation sites is 3. The van der Waals surface area contributed by atoms with E-state index in [4.69, 9.17) is 29.3 Å². The molecular weight excluding hydrogens is 643 g/mol. The quantitative estimate of drug-likeness (QED) is 0.174. The largest absolute Gasteiger partial charge is 0.419 e. The zero-order valence-corrected chi connectivity index (χ0v) is 27.6. The Hall–Kier alpha value is -7.32. The number of fused-ring (bicyclic) bond motifs is 4. The van der Waals surface area contributed by atoms with Gasteiger partial charge in [0.05, 0.1) is 21.8 Å². The minimum absolute atomic E-state index is 0.493. The summed E-state index contributed by atoms with van der Waals surface area (Å²) in [5.41, 5.74) is 9.63. The van der Waals surface area contributed by atoms with Crippen LogP contribution in [-0.4, -0.2) is 34.5 Å². The highest BCUT2D eigenvalue weighted by atomic mass is 16.3. The van der Waals surface area contributed by atoms with Crippen LogP contribution < -0.4 is 0 Å². The Kier molecular flexibility index (Phi) is 6.95. The van der Waals surface area contributed by atoms with E-state index in [9.17, 15) is 0 Å². The Morgan fingerprint density at radius 3 is 1.75 bits per heavy atom. The van der Waals surface area contributed by atoms with Crippen molar-refractivity contribution in [3.63, 3.8) is 0 Å². The molecule has 0 saturated heterocycles. The number of benzene rings is 5. The maximum absolute atomic E-state index is 6.19. The molecule has 0 aliphatic carbocycles. The van der Waals surface area contributed by atoms with Gasteiger partial charge in [-0.15, -0.1) is 0 Å². The number of hydrogen-bond acceptors (Lipinski definition) is 7. The van der Waals surface area contributed by atoms with Crippen molar-refractivity contribution in [3.05, 3.63) is 164 Å². The molecule has 0 spiro atoms. The summed E-state index contributed by atoms with van der Waals surface area (Å²) in [5, 5.41) is 1.70. The number of imidazole rings is 1. The first-order valence-electron chi connectivity index (χ1n) is 17.0. The second kappa shape index (κ2) is 12.2. The molecule has 5 aromatic carbocycles. The molecular formula is C44H27N7O. The van der Waals surface area contributed by atoms with Gasteiger partial charge in [-0.25, -0.2) is 29.9 Å². The summed E-state index contributed by atoms with van der Waals surface area (Å²) in [6.07, 6.45) is 3.52. The van der Waals surface area contributed by atoms with Gasteiger partial charge in [0.1, 0.15) is 5.82 Å². The first-order valence-corrected chi connectivity index (χ1v) is 17.0. The fourth-order valence-corrected chi connectivity index (χ4v) is 6.74. The minimum Gasteiger partial charge on any atom is -0.419 e. The van der Waals surface area contributed by atoms with Crippen LogP contribution in [0.15, 0.2) is 168 Å². The number of rotatable bonds is 6. The molecule has 8 nitrogen and oxygen atoms in total. The third-order valence-electron chi connectivity index (χ3n) is 9.22. The van der Waals surface area contributed by atoms with Gasteiger partial charge in [0.25, 0.3) is 0 Å². The summed E-state index contributed by atoms with van der Waals surface area (Å²) in [6.45, 7) is 0. The first-order chi connectivity index (χ1) is 25.8. The molecule has 0 aliphatic rings. The van der Waals surface area contributed by atoms with Crippen LogP contribution in [0.1, 0.15) is 0 Å². The number of aromatic nitrogens is 7. The molecule has 0 amide bonds. The second-order valence-electron chi connectivity index (χ2n) is 12.4. The topological polar surface area (TPSA) is 95.4 Å². The third kappa shape index (κ3) is 5.09. The van der Waals surface area contributed by atoms with Gasteiger partial charge in [0, 0.05) is 40.3 Å². The molecule has 0 unspecified atom stereocenters. The lowest BCUT2D eigenvalue weighted by molar-refractivity contribution is 0.640. The van der Waals surface area contributed by atoms with E-state index in [1.165, 1.54) is 0 Å². The van der Waals surface area contributed by atoms with E-state index in [2.05, 4.69) is 58.1 Å². The summed E-state index contributed by atoms with van der Waals surface area (Å²) in [6, 6.07) is 51.0. The van der Waals surface area contributed by atoms with Crippen molar-refractivity contribution in [2.24, 2.45) is 0 Å². The molecule has 0 saturated carbocycles. The molecule has 0 N–H and O–H groups in total. The fraction of sp³-hybridized carbons (Fsp3) is 0. The van der Waals surface area contributed by atoms with Gasteiger partial charge in [-0.1, -0.05) is 115 Å². The second-order valence-corrected chi connectivity index (χ2v) is 12.4. The van der Waals surface area contributed by atoms with Crippen LogP contribution in [0.2, 0.25) is 0 Å². The molecule has 8 heteroatoms. The van der Waals surface area contributed by atoms with Gasteiger partial charge in [-0.05, 0) is 47.5 Å². The SMILES string of the molecule is c1ccc(-c2nc(-c3ccccc3)nc(-c3cnc4oc5nccc(-c6ccc(-c7nc8ccccc8n7-c7ccccc7)cc6)c5c4c3)n2)cc1. The smallest absolute Gasteiger partial charge is 0.230 e. The van der Waals surface area contributed by atoms with Gasteiger partial charge < -0.3 is 4.42 Å². The highest BCUT2D eigenvalue weighted by Gasteiger charge is 2.19. The molecule has 5 heterocycles. The number of furan rings is 1. The van der Waals surface area contributed by atoms with E-state index in [1.807, 2.05) is 103 Å². The van der Waals surface area contributed by atoms with Crippen LogP contribution in [0, 0.1) is 0 Å². The van der Waals surface area contributed by atoms with Gasteiger partial charge >= 0.3 is 0 Å². The molecule has 244 valence electrons. The van der Waals surface area contributed by atoms with Crippen molar-refractivity contribution in [2.75, 3.05) is 0 Å². The molecule has 0 radical (unpaired) electrons. The average molecular weight is 670 g/mol. The standard InChI is InChI=1S/C44H27N7O/c1-4-12-29(13-5-1)39-48-40(30-14-6-2-7-15-30)50-41(49-39)32-26-35-38-34(24-25-45-44(38)52-43(35)46-27-32)28-20-22-31(23-21-28)42-47-36-18-10-11-19-37(36)51(42)33-16-8-3-9-17-33/h1-27H. The molecule has 5 aromatic heterocycles. The molecule has 52 heavy (non-hydrogen) atoms. The summed E-state index contributed by atoms with van der Waals surface area (Å²) in [5.74, 6) is 2.57. The van der Waals surface area contributed by atoms with Crippen LogP contribution in [-0.2, 0) is 0 Å². The Morgan fingerprint density at radius 2 is 1.06 bits per heavy atom. The lowest BCUT2D eigenvalue weighted by Gasteiger charge is -2.10. The molecule has 0 fully saturated rings. The van der Waals surface area contributed by atoms with E-state index in [0.29, 0.717) is 28.9 Å². The van der Waals surface area contributed by atoms with Crippen LogP contribution >= 0.6 is 0 Å². The van der Waals surface area contributed by atoms with Crippen molar-refractivity contribution in [3.8, 4) is 62.4 Å². The third-order valence-corrected chi connectivity index (χ3v) is 9.22. The summed E-state index contributed by atoms with van der Waals surface area (Å²) in [4.78, 5) is 29.0. The Bertz CT molecular complexity index is 2830. The predicted molar refractivity (Wildman–Crippen MR) is 205 cm³/mol. The average Bonchev–Trinajstić information content (AvgIpc) is 3.80. The van der Waals surface area contributed by atoms with Crippen LogP contribution in [0.3, 0.4) is 0 Å². The van der Waals surface area contributed by atoms with E-state index in [0.717, 1.165) is 66.7 Å². The van der Waals surface area contributed by atoms with Crippen molar-refractivity contribution < 1.29 is 4.42 Å². The van der Waals surface area contributed by atoms with Crippen LogP contribution in [0.25, 0.3) is 95.6 Å². The highest BCUT2D eigenvalue weighted by molar-refractivity contribution is 6.11. The zero-order chi connectivity index (χ0) is 34.4. The van der Waals surface area contributed by atoms with Gasteiger partial charge in [0.15, 0.2) is 17.5 Å². The fourth-order valence-electron chi connectivity index (χ4n) is 6.74. The van der Waals surface area contributed by atoms with Crippen molar-refractivity contribution in [1.29, 1.82) is 0 Å². The maximum atomic E-state index is 6.19. The van der Waals surface area contributed by atoms with E-state index in [1.54, 1.807) is 12.4 Å². The maximum Gasteiger partial charge on any atom is 0.230 e. The van der Waals surface area contributed by atoms with E-state index in [-0.39, 0.29) is 0 Å². The summed E-state index contributed by atoms with van der Waals surface area (Å²) < 4.78 is 8.40. The number of nitrogens with zero attached hydrogens (tertiary/aromatic N) is 7. The van der Waals surface area contributed by atoms with Gasteiger partial charge in [-0.3, -0.25) is 4.57 Å². The zero-order valence-electron chi connectivity index (χ0n) is 27.6. The van der Waals surface area contributed by atoms with Crippen molar-refractivity contribution in [2.45, 2.75) is 0 Å². The van der Waals surface area contributed by atoms with Crippen molar-refractivity contribution >= 4 is 33.2 Å². The Balaban J connectivity index is 1.09. The van der Waals surface area contributed by atoms with Crippen molar-refractivity contribution in [1.82, 2.24) is 34.5 Å². The van der Waals surface area contributed by atoms with E-state index < -0.39 is 0 Å². The summed E-state index contributed by atoms with van der Waals surface area (Å²) >= 11 is 0. The van der Waals surface area contributed by atoms with Crippen LogP contribution in [0.5, 0.6) is 0 Å². The predicted octanol–water partition coefficient (Wildman–Crippen LogP) is 10.2. The first kappa shape index (κ1) is 29.6. The Morgan fingerprint density at radius 1 is 0.462 bits per heavy atom. The monoisotopic (exact) mass is 669 g/mol. The van der Waals surface area contributed by atoms with Crippen LogP contribution in [0.4, 0.5) is 0 Å². The van der Waals surface area contributed by atoms with Gasteiger partial charge in [-0.2, -0.15) is 0 Å². The molecule has 0 aliphatic heterocycles. The normalized spacial score (nSPS) is 11.5. The van der Waals surface area contributed by atoms with E-state index >= 15 is 0 Å².